The largest absolute Gasteiger partial charge is 0.410 e. The average molecular weight is 196 g/mol. The fourth-order valence-electron chi connectivity index (χ4n) is 1.38. The highest BCUT2D eigenvalue weighted by Crippen LogP contribution is 2.02. The van der Waals surface area contributed by atoms with Gasteiger partial charge in [-0.25, -0.2) is 0 Å². The van der Waals surface area contributed by atoms with Crippen molar-refractivity contribution in [1.29, 1.82) is 0 Å². The van der Waals surface area contributed by atoms with Gasteiger partial charge in [0, 0.05) is 0 Å². The van der Waals surface area contributed by atoms with Gasteiger partial charge >= 0.3 is 9.28 Å². The lowest BCUT2D eigenvalue weighted by molar-refractivity contribution is 0.425. The van der Waals surface area contributed by atoms with Crippen molar-refractivity contribution in [2.45, 2.75) is 26.2 Å². The summed E-state index contributed by atoms with van der Waals surface area (Å²) in [5.74, 6) is 0. The maximum absolute atomic E-state index is 9.20. The van der Waals surface area contributed by atoms with E-state index in [0.29, 0.717) is 0 Å². The van der Waals surface area contributed by atoms with E-state index in [2.05, 4.69) is 6.92 Å². The number of aryl methyl sites for hydroxylation is 1. The number of benzene rings is 1. The van der Waals surface area contributed by atoms with Crippen LogP contribution < -0.4 is 5.19 Å². The molecule has 2 N–H and O–H groups in total. The summed E-state index contributed by atoms with van der Waals surface area (Å²) in [6, 6.07) is 7.61. The molecular weight excluding hydrogens is 180 g/mol. The smallest absolute Gasteiger partial charge is 0.350 e. The van der Waals surface area contributed by atoms with E-state index in [0.717, 1.165) is 30.0 Å². The molecule has 0 atom stereocenters. The van der Waals surface area contributed by atoms with Gasteiger partial charge in [-0.3, -0.25) is 0 Å². The molecule has 0 amide bonds. The van der Waals surface area contributed by atoms with Gasteiger partial charge in [0.15, 0.2) is 0 Å². The molecule has 0 fully saturated rings. The van der Waals surface area contributed by atoms with Crippen molar-refractivity contribution in [1.82, 2.24) is 0 Å². The summed E-state index contributed by atoms with van der Waals surface area (Å²) < 4.78 is 0. The quantitative estimate of drug-likeness (QED) is 0.686. The Bertz CT molecular complexity index is 261. The summed E-state index contributed by atoms with van der Waals surface area (Å²) >= 11 is 0. The molecule has 0 saturated heterocycles. The third-order valence-corrected chi connectivity index (χ3v) is 3.25. The lowest BCUT2D eigenvalue weighted by Crippen LogP contribution is -2.32. The van der Waals surface area contributed by atoms with Gasteiger partial charge in [0.05, 0.1) is 0 Å². The van der Waals surface area contributed by atoms with Gasteiger partial charge in [-0.2, -0.15) is 0 Å². The van der Waals surface area contributed by atoms with E-state index in [1.807, 2.05) is 24.3 Å². The molecule has 0 aromatic heterocycles. The molecule has 0 spiro atoms. The molecule has 0 unspecified atom stereocenters. The maximum Gasteiger partial charge on any atom is 0.350 e. The zero-order valence-corrected chi connectivity index (χ0v) is 9.06. The Hall–Kier alpha value is -0.643. The second-order valence-electron chi connectivity index (χ2n) is 3.18. The maximum atomic E-state index is 9.20. The van der Waals surface area contributed by atoms with Crippen molar-refractivity contribution in [2.24, 2.45) is 0 Å². The highest BCUT2D eigenvalue weighted by atomic mass is 28.3. The predicted molar refractivity (Wildman–Crippen MR) is 56.3 cm³/mol. The Kier molecular flexibility index (Phi) is 4.15. The van der Waals surface area contributed by atoms with Gasteiger partial charge in [0.1, 0.15) is 0 Å². The predicted octanol–water partition coefficient (Wildman–Crippen LogP) is 0.441. The molecule has 13 heavy (non-hydrogen) atoms. The van der Waals surface area contributed by atoms with Crippen LogP contribution in [0, 0.1) is 0 Å². The molecule has 2 nitrogen and oxygen atoms in total. The van der Waals surface area contributed by atoms with Gasteiger partial charge in [-0.05, 0) is 23.6 Å². The Morgan fingerprint density at radius 2 is 1.92 bits per heavy atom. The Labute approximate surface area is 80.7 Å². The average Bonchev–Trinajstić information content (AvgIpc) is 2.15. The molecule has 3 heteroatoms. The first kappa shape index (κ1) is 10.4. The molecule has 0 radical (unpaired) electrons. The van der Waals surface area contributed by atoms with E-state index in [9.17, 15) is 9.59 Å². The molecule has 0 bridgehead atoms. The zero-order chi connectivity index (χ0) is 9.68. The van der Waals surface area contributed by atoms with Crippen LogP contribution in [0.3, 0.4) is 0 Å². The van der Waals surface area contributed by atoms with Gasteiger partial charge in [0.25, 0.3) is 0 Å². The molecular formula is C10H16O2Si. The third-order valence-electron chi connectivity index (χ3n) is 2.13. The second-order valence-corrected chi connectivity index (χ2v) is 4.55. The van der Waals surface area contributed by atoms with Crippen LogP contribution in [0.15, 0.2) is 24.3 Å². The minimum atomic E-state index is -2.61. The van der Waals surface area contributed by atoms with Crippen molar-refractivity contribution in [3.05, 3.63) is 29.8 Å². The lowest BCUT2D eigenvalue weighted by atomic mass is 10.1. The second kappa shape index (κ2) is 5.17. The van der Waals surface area contributed by atoms with E-state index in [1.165, 1.54) is 0 Å². The summed E-state index contributed by atoms with van der Waals surface area (Å²) in [4.78, 5) is 18.4. The van der Waals surface area contributed by atoms with Crippen LogP contribution in [-0.2, 0) is 6.42 Å². The van der Waals surface area contributed by atoms with Crippen LogP contribution in [0.2, 0.25) is 0 Å². The third kappa shape index (κ3) is 2.95. The van der Waals surface area contributed by atoms with Crippen LogP contribution in [0.4, 0.5) is 0 Å². The number of hydrogen-bond donors (Lipinski definition) is 2. The van der Waals surface area contributed by atoms with Crippen LogP contribution in [-0.4, -0.2) is 18.9 Å². The van der Waals surface area contributed by atoms with Gasteiger partial charge in [0.2, 0.25) is 0 Å². The standard InChI is InChI=1S/C10H16O2Si/c1-2-3-6-9-7-4-5-8-10(9)13(11)12/h4-5,7-8,11-13H,2-3,6H2,1H3. The van der Waals surface area contributed by atoms with Crippen LogP contribution in [0.25, 0.3) is 0 Å². The van der Waals surface area contributed by atoms with E-state index < -0.39 is 9.28 Å². The van der Waals surface area contributed by atoms with Crippen molar-refractivity contribution in [3.63, 3.8) is 0 Å². The van der Waals surface area contributed by atoms with Crippen molar-refractivity contribution in [3.8, 4) is 0 Å². The van der Waals surface area contributed by atoms with Crippen LogP contribution in [0.5, 0.6) is 0 Å². The fourth-order valence-corrected chi connectivity index (χ4v) is 2.24. The Morgan fingerprint density at radius 1 is 1.23 bits per heavy atom. The molecule has 0 aliphatic carbocycles. The molecule has 0 aliphatic rings. The van der Waals surface area contributed by atoms with E-state index in [-0.39, 0.29) is 0 Å². The molecule has 0 saturated carbocycles. The number of unbranched alkanes of at least 4 members (excludes halogenated alkanes) is 1. The van der Waals surface area contributed by atoms with Crippen LogP contribution >= 0.6 is 0 Å². The van der Waals surface area contributed by atoms with Gasteiger partial charge in [-0.15, -0.1) is 0 Å². The minimum Gasteiger partial charge on any atom is -0.410 e. The first-order valence-corrected chi connectivity index (χ1v) is 6.30. The van der Waals surface area contributed by atoms with Crippen molar-refractivity contribution < 1.29 is 9.59 Å². The molecule has 1 aromatic rings. The van der Waals surface area contributed by atoms with E-state index in [1.54, 1.807) is 0 Å². The monoisotopic (exact) mass is 196 g/mol. The highest BCUT2D eigenvalue weighted by Gasteiger charge is 2.10. The topological polar surface area (TPSA) is 40.5 Å². The first-order chi connectivity index (χ1) is 6.25. The fraction of sp³-hybridized carbons (Fsp3) is 0.400. The highest BCUT2D eigenvalue weighted by molar-refractivity contribution is 6.59. The molecule has 0 aliphatic heterocycles. The van der Waals surface area contributed by atoms with Gasteiger partial charge < -0.3 is 9.59 Å². The minimum absolute atomic E-state index is 0.774. The first-order valence-electron chi connectivity index (χ1n) is 4.69. The summed E-state index contributed by atoms with van der Waals surface area (Å²) in [7, 11) is -2.61. The molecule has 1 rings (SSSR count). The lowest BCUT2D eigenvalue weighted by Gasteiger charge is -2.08. The van der Waals surface area contributed by atoms with E-state index in [4.69, 9.17) is 0 Å². The summed E-state index contributed by atoms with van der Waals surface area (Å²) in [6.45, 7) is 2.13. The zero-order valence-electron chi connectivity index (χ0n) is 7.90. The van der Waals surface area contributed by atoms with E-state index >= 15 is 0 Å². The summed E-state index contributed by atoms with van der Waals surface area (Å²) in [6.07, 6.45) is 3.20. The SMILES string of the molecule is CCCCc1ccccc1[SiH](O)O. The Balaban J connectivity index is 2.78. The van der Waals surface area contributed by atoms with Crippen LogP contribution in [0.1, 0.15) is 25.3 Å². The number of rotatable bonds is 4. The molecule has 0 heterocycles. The number of hydrogen-bond acceptors (Lipinski definition) is 2. The molecule has 1 aromatic carbocycles. The summed E-state index contributed by atoms with van der Waals surface area (Å²) in [5, 5.41) is 0.774. The van der Waals surface area contributed by atoms with Gasteiger partial charge in [-0.1, -0.05) is 37.6 Å². The van der Waals surface area contributed by atoms with Crippen molar-refractivity contribution >= 4 is 14.5 Å². The summed E-state index contributed by atoms with van der Waals surface area (Å²) in [5.41, 5.74) is 1.10. The molecule has 72 valence electrons. The van der Waals surface area contributed by atoms with Crippen molar-refractivity contribution in [2.75, 3.05) is 0 Å². The normalized spacial score (nSPS) is 10.8. The Morgan fingerprint density at radius 3 is 2.54 bits per heavy atom.